The lowest BCUT2D eigenvalue weighted by atomic mass is 10.1. The maximum atomic E-state index is 12.9. The summed E-state index contributed by atoms with van der Waals surface area (Å²) in [6, 6.07) is 12.9. The fourth-order valence-corrected chi connectivity index (χ4v) is 3.29. The number of nitrogens with one attached hydrogen (secondary N) is 1. The van der Waals surface area contributed by atoms with Gasteiger partial charge in [-0.3, -0.25) is 19.3 Å². The van der Waals surface area contributed by atoms with E-state index in [1.807, 2.05) is 6.92 Å². The van der Waals surface area contributed by atoms with E-state index in [1.54, 1.807) is 42.5 Å². The van der Waals surface area contributed by atoms with Crippen LogP contribution in [0.3, 0.4) is 0 Å². The van der Waals surface area contributed by atoms with Gasteiger partial charge in [0, 0.05) is 6.07 Å². The van der Waals surface area contributed by atoms with Crippen molar-refractivity contribution in [1.82, 2.24) is 0 Å². The van der Waals surface area contributed by atoms with Crippen LogP contribution in [-0.4, -0.2) is 30.4 Å². The zero-order valence-electron chi connectivity index (χ0n) is 16.3. The van der Waals surface area contributed by atoms with Crippen molar-refractivity contribution in [3.8, 4) is 0 Å². The summed E-state index contributed by atoms with van der Waals surface area (Å²) >= 11 is 0. The summed E-state index contributed by atoms with van der Waals surface area (Å²) in [7, 11) is 0. The minimum atomic E-state index is -1.20. The number of fused-ring (bicyclic) bond motifs is 2. The molecule has 1 aliphatic rings. The van der Waals surface area contributed by atoms with Crippen molar-refractivity contribution in [2.45, 2.75) is 20.0 Å². The Kier molecular flexibility index (Phi) is 4.83. The maximum absolute atomic E-state index is 12.9. The molecule has 152 valence electrons. The van der Waals surface area contributed by atoms with Gasteiger partial charge in [-0.2, -0.15) is 0 Å². The van der Waals surface area contributed by atoms with Crippen LogP contribution in [0.1, 0.15) is 23.0 Å². The Morgan fingerprint density at radius 3 is 2.70 bits per heavy atom. The van der Waals surface area contributed by atoms with Gasteiger partial charge in [0.2, 0.25) is 11.7 Å². The normalized spacial score (nSPS) is 14.1. The molecule has 0 unspecified atom stereocenters. The second kappa shape index (κ2) is 7.47. The third kappa shape index (κ3) is 3.55. The molecule has 0 radical (unpaired) electrons. The van der Waals surface area contributed by atoms with Gasteiger partial charge < -0.3 is 14.5 Å². The van der Waals surface area contributed by atoms with Crippen molar-refractivity contribution >= 4 is 40.1 Å². The Morgan fingerprint density at radius 1 is 1.13 bits per heavy atom. The van der Waals surface area contributed by atoms with Gasteiger partial charge in [0.15, 0.2) is 11.5 Å². The molecule has 0 aliphatic carbocycles. The molecule has 2 amide bonds. The van der Waals surface area contributed by atoms with Gasteiger partial charge in [-0.25, -0.2) is 4.79 Å². The predicted octanol–water partition coefficient (Wildman–Crippen LogP) is 2.63. The van der Waals surface area contributed by atoms with Gasteiger partial charge in [-0.1, -0.05) is 23.8 Å². The predicted molar refractivity (Wildman–Crippen MR) is 110 cm³/mol. The van der Waals surface area contributed by atoms with Gasteiger partial charge in [0.1, 0.15) is 12.1 Å². The molecule has 0 spiro atoms. The Hall–Kier alpha value is -3.94. The van der Waals surface area contributed by atoms with Gasteiger partial charge >= 0.3 is 5.97 Å². The molecule has 2 heterocycles. The second-order valence-corrected chi connectivity index (χ2v) is 7.01. The standard InChI is InChI=1S/C22H18N2O6/c1-12-7-8-18-14(9-12)17(25)10-19(30-18)22(28)29-13(2)21(27)24-11-20(26)23-15-5-3-4-6-16(15)24/h3-10,13H,11H2,1-2H3,(H,23,26)/t13-/m1/s1. The highest BCUT2D eigenvalue weighted by atomic mass is 16.6. The molecule has 3 aromatic rings. The molecule has 0 saturated carbocycles. The highest BCUT2D eigenvalue weighted by molar-refractivity contribution is 6.11. The molecule has 1 aromatic heterocycles. The minimum absolute atomic E-state index is 0.192. The number of carbonyl (C=O) groups is 3. The molecule has 2 aromatic carbocycles. The molecule has 4 rings (SSSR count). The molecule has 1 aliphatic heterocycles. The number of aryl methyl sites for hydroxylation is 1. The quantitative estimate of drug-likeness (QED) is 0.671. The zero-order valence-corrected chi connectivity index (χ0v) is 16.3. The summed E-state index contributed by atoms with van der Waals surface area (Å²) in [6.07, 6.45) is -1.20. The van der Waals surface area contributed by atoms with E-state index in [0.717, 1.165) is 11.6 Å². The highest BCUT2D eigenvalue weighted by Gasteiger charge is 2.32. The Balaban J connectivity index is 1.56. The number of ether oxygens (including phenoxy) is 1. The van der Waals surface area contributed by atoms with Crippen LogP contribution in [0.15, 0.2) is 57.7 Å². The van der Waals surface area contributed by atoms with E-state index >= 15 is 0 Å². The van der Waals surface area contributed by atoms with Crippen LogP contribution in [0.25, 0.3) is 11.0 Å². The van der Waals surface area contributed by atoms with Crippen LogP contribution in [0, 0.1) is 6.92 Å². The number of nitrogens with zero attached hydrogens (tertiary/aromatic N) is 1. The van der Waals surface area contributed by atoms with E-state index in [1.165, 1.54) is 11.8 Å². The van der Waals surface area contributed by atoms with Crippen molar-refractivity contribution in [1.29, 1.82) is 0 Å². The monoisotopic (exact) mass is 406 g/mol. The lowest BCUT2D eigenvalue weighted by Gasteiger charge is -2.30. The van der Waals surface area contributed by atoms with E-state index in [9.17, 15) is 19.2 Å². The largest absolute Gasteiger partial charge is 0.449 e. The SMILES string of the molecule is Cc1ccc2oc(C(=O)O[C@H](C)C(=O)N3CC(=O)Nc4ccccc43)cc(=O)c2c1. The van der Waals surface area contributed by atoms with Crippen LogP contribution >= 0.6 is 0 Å². The van der Waals surface area contributed by atoms with Crippen LogP contribution in [0.5, 0.6) is 0 Å². The molecule has 1 atom stereocenters. The molecule has 8 nitrogen and oxygen atoms in total. The number of anilines is 2. The van der Waals surface area contributed by atoms with Gasteiger partial charge in [-0.15, -0.1) is 0 Å². The van der Waals surface area contributed by atoms with Crippen molar-refractivity contribution in [3.63, 3.8) is 0 Å². The van der Waals surface area contributed by atoms with Crippen molar-refractivity contribution in [3.05, 3.63) is 70.1 Å². The first-order valence-corrected chi connectivity index (χ1v) is 9.29. The third-order valence-corrected chi connectivity index (χ3v) is 4.75. The third-order valence-electron chi connectivity index (χ3n) is 4.75. The van der Waals surface area contributed by atoms with Crippen molar-refractivity contribution in [2.75, 3.05) is 16.8 Å². The van der Waals surface area contributed by atoms with E-state index in [2.05, 4.69) is 5.32 Å². The summed E-state index contributed by atoms with van der Waals surface area (Å²) < 4.78 is 10.7. The zero-order chi connectivity index (χ0) is 21.4. The van der Waals surface area contributed by atoms with Crippen molar-refractivity contribution in [2.24, 2.45) is 0 Å². The lowest BCUT2D eigenvalue weighted by Crippen LogP contribution is -2.47. The summed E-state index contributed by atoms with van der Waals surface area (Å²) in [6.45, 7) is 3.05. The van der Waals surface area contributed by atoms with Gasteiger partial charge in [0.25, 0.3) is 5.91 Å². The fourth-order valence-electron chi connectivity index (χ4n) is 3.29. The smallest absolute Gasteiger partial charge is 0.375 e. The Labute approximate surface area is 171 Å². The fraction of sp³-hybridized carbons (Fsp3) is 0.182. The maximum Gasteiger partial charge on any atom is 0.375 e. The first kappa shape index (κ1) is 19.4. The summed E-state index contributed by atoms with van der Waals surface area (Å²) in [5.41, 5.74) is 1.76. The van der Waals surface area contributed by atoms with Crippen LogP contribution in [0.4, 0.5) is 11.4 Å². The Morgan fingerprint density at radius 2 is 1.90 bits per heavy atom. The average molecular weight is 406 g/mol. The lowest BCUT2D eigenvalue weighted by molar-refractivity contribution is -0.128. The molecule has 0 fully saturated rings. The molecule has 0 saturated heterocycles. The van der Waals surface area contributed by atoms with Crippen molar-refractivity contribution < 1.29 is 23.5 Å². The molecule has 30 heavy (non-hydrogen) atoms. The molecular formula is C22H18N2O6. The number of hydrogen-bond acceptors (Lipinski definition) is 6. The number of hydrogen-bond donors (Lipinski definition) is 1. The first-order chi connectivity index (χ1) is 14.3. The topological polar surface area (TPSA) is 106 Å². The number of benzene rings is 2. The minimum Gasteiger partial charge on any atom is -0.449 e. The number of carbonyl (C=O) groups excluding carboxylic acids is 3. The summed E-state index contributed by atoms with van der Waals surface area (Å²) in [5, 5.41) is 3.04. The number of amides is 2. The first-order valence-electron chi connectivity index (χ1n) is 9.29. The number of para-hydroxylation sites is 2. The summed E-state index contributed by atoms with van der Waals surface area (Å²) in [4.78, 5) is 50.9. The number of esters is 1. The van der Waals surface area contributed by atoms with Gasteiger partial charge in [-0.05, 0) is 38.1 Å². The second-order valence-electron chi connectivity index (χ2n) is 7.01. The summed E-state index contributed by atoms with van der Waals surface area (Å²) in [5.74, 6) is -2.15. The van der Waals surface area contributed by atoms with Crippen LogP contribution in [0.2, 0.25) is 0 Å². The molecular weight excluding hydrogens is 388 g/mol. The molecule has 1 N–H and O–H groups in total. The molecule has 0 bridgehead atoms. The highest BCUT2D eigenvalue weighted by Crippen LogP contribution is 2.29. The Bertz CT molecular complexity index is 1250. The van der Waals surface area contributed by atoms with Gasteiger partial charge in [0.05, 0.1) is 16.8 Å². The van der Waals surface area contributed by atoms with Crippen LogP contribution < -0.4 is 15.6 Å². The van der Waals surface area contributed by atoms with E-state index in [4.69, 9.17) is 9.15 Å². The van der Waals surface area contributed by atoms with E-state index in [0.29, 0.717) is 16.8 Å². The molecule has 8 heteroatoms. The van der Waals surface area contributed by atoms with E-state index < -0.39 is 18.0 Å². The average Bonchev–Trinajstić information content (AvgIpc) is 2.72. The van der Waals surface area contributed by atoms with Crippen LogP contribution in [-0.2, 0) is 14.3 Å². The number of rotatable bonds is 3. The van der Waals surface area contributed by atoms with E-state index in [-0.39, 0.29) is 29.2 Å².